The lowest BCUT2D eigenvalue weighted by Crippen LogP contribution is -2.27. The number of alkyl halides is 3. The molecule has 1 aliphatic rings. The molecular weight excluding hydrogens is 403 g/mol. The summed E-state index contributed by atoms with van der Waals surface area (Å²) in [6.07, 6.45) is 0.0502. The van der Waals surface area contributed by atoms with Gasteiger partial charge < -0.3 is 16.8 Å². The first kappa shape index (κ1) is 21.7. The number of anilines is 2. The van der Waals surface area contributed by atoms with E-state index in [2.05, 4.69) is 20.3 Å². The van der Waals surface area contributed by atoms with E-state index in [9.17, 15) is 23.3 Å². The minimum Gasteiger partial charge on any atom is -0.378 e. The van der Waals surface area contributed by atoms with Gasteiger partial charge in [-0.1, -0.05) is 6.07 Å². The molecule has 0 aliphatic heterocycles. The normalized spacial score (nSPS) is 19.5. The average molecular weight is 425 g/mol. The first-order valence-electron chi connectivity index (χ1n) is 9.46. The summed E-state index contributed by atoms with van der Waals surface area (Å²) in [4.78, 5) is 22.3. The maximum atomic E-state index is 13.1. The Morgan fingerprint density at radius 1 is 1.23 bits per heavy atom. The molecule has 162 valence electrons. The Morgan fingerprint density at radius 2 is 1.93 bits per heavy atom. The number of halogens is 3. The summed E-state index contributed by atoms with van der Waals surface area (Å²) < 4.78 is 39.3. The summed E-state index contributed by atoms with van der Waals surface area (Å²) in [7, 11) is 0. The average Bonchev–Trinajstić information content (AvgIpc) is 2.67. The van der Waals surface area contributed by atoms with Gasteiger partial charge in [0.05, 0.1) is 4.92 Å². The minimum atomic E-state index is -4.61. The second-order valence-electron chi connectivity index (χ2n) is 7.33. The number of aromatic nitrogens is 3. The molecule has 0 unspecified atom stereocenters. The second kappa shape index (κ2) is 8.78. The number of nitrogens with zero attached hydrogens (tertiary/aromatic N) is 4. The van der Waals surface area contributed by atoms with Gasteiger partial charge >= 0.3 is 11.9 Å². The lowest BCUT2D eigenvalue weighted by molar-refractivity contribution is -0.385. The molecule has 0 amide bonds. The maximum absolute atomic E-state index is 13.1. The standard InChI is InChI=1S/C18H22F3N7O2/c19-18(20,21)15-11(2-1-7-24-15)9-25-17-26-13(14(28(29)30)16(23)27-17)8-10-3-5-12(22)6-4-10/h1-2,7,10,12H,3-6,8-9,22H2,(H3,23,25,26,27). The van der Waals surface area contributed by atoms with E-state index in [-0.39, 0.29) is 47.2 Å². The molecule has 2 aromatic rings. The molecule has 2 aromatic heterocycles. The fourth-order valence-electron chi connectivity index (χ4n) is 3.62. The van der Waals surface area contributed by atoms with Crippen molar-refractivity contribution < 1.29 is 18.1 Å². The van der Waals surface area contributed by atoms with Crippen LogP contribution in [0.1, 0.15) is 42.6 Å². The summed E-state index contributed by atoms with van der Waals surface area (Å²) in [6.45, 7) is -0.266. The Bertz CT molecular complexity index is 915. The second-order valence-corrected chi connectivity index (χ2v) is 7.33. The first-order chi connectivity index (χ1) is 14.1. The molecule has 0 saturated heterocycles. The van der Waals surface area contributed by atoms with Gasteiger partial charge in [0.15, 0.2) is 0 Å². The van der Waals surface area contributed by atoms with Gasteiger partial charge in [-0.15, -0.1) is 0 Å². The molecule has 0 bridgehead atoms. The van der Waals surface area contributed by atoms with E-state index in [0.29, 0.717) is 6.42 Å². The van der Waals surface area contributed by atoms with Crippen LogP contribution in [0.25, 0.3) is 0 Å². The Labute approximate surface area is 170 Å². The van der Waals surface area contributed by atoms with E-state index in [1.165, 1.54) is 12.1 Å². The monoisotopic (exact) mass is 425 g/mol. The van der Waals surface area contributed by atoms with Crippen molar-refractivity contribution in [1.82, 2.24) is 15.0 Å². The topological polar surface area (TPSA) is 146 Å². The highest BCUT2D eigenvalue weighted by Crippen LogP contribution is 2.33. The van der Waals surface area contributed by atoms with Gasteiger partial charge in [0, 0.05) is 24.3 Å². The molecule has 2 heterocycles. The molecule has 9 nitrogen and oxygen atoms in total. The van der Waals surface area contributed by atoms with Crippen molar-refractivity contribution in [2.45, 2.75) is 50.9 Å². The summed E-state index contributed by atoms with van der Waals surface area (Å²) in [5.41, 5.74) is 10.3. The van der Waals surface area contributed by atoms with Crippen LogP contribution in [0.3, 0.4) is 0 Å². The molecule has 12 heteroatoms. The van der Waals surface area contributed by atoms with Gasteiger partial charge in [-0.3, -0.25) is 15.1 Å². The lowest BCUT2D eigenvalue weighted by atomic mass is 9.83. The highest BCUT2D eigenvalue weighted by Gasteiger charge is 2.35. The summed E-state index contributed by atoms with van der Waals surface area (Å²) in [5, 5.41) is 14.1. The Balaban J connectivity index is 1.83. The van der Waals surface area contributed by atoms with Crippen LogP contribution in [-0.4, -0.2) is 25.9 Å². The van der Waals surface area contributed by atoms with Gasteiger partial charge in [0.25, 0.3) is 0 Å². The SMILES string of the molecule is Nc1nc(NCc2cccnc2C(F)(F)F)nc(CC2CCC(N)CC2)c1[N+](=O)[O-]. The van der Waals surface area contributed by atoms with Crippen molar-refractivity contribution in [3.63, 3.8) is 0 Å². The van der Waals surface area contributed by atoms with Crippen molar-refractivity contribution in [2.75, 3.05) is 11.1 Å². The third-order valence-corrected chi connectivity index (χ3v) is 5.14. The molecule has 3 rings (SSSR count). The maximum Gasteiger partial charge on any atom is 0.433 e. The smallest absolute Gasteiger partial charge is 0.378 e. The largest absolute Gasteiger partial charge is 0.433 e. The van der Waals surface area contributed by atoms with Crippen LogP contribution >= 0.6 is 0 Å². The summed E-state index contributed by atoms with van der Waals surface area (Å²) in [6, 6.07) is 2.80. The summed E-state index contributed by atoms with van der Waals surface area (Å²) >= 11 is 0. The molecule has 30 heavy (non-hydrogen) atoms. The third kappa shape index (κ3) is 5.12. The van der Waals surface area contributed by atoms with Crippen LogP contribution in [0.5, 0.6) is 0 Å². The number of nitrogens with one attached hydrogen (secondary N) is 1. The number of rotatable bonds is 6. The van der Waals surface area contributed by atoms with E-state index < -0.39 is 16.8 Å². The first-order valence-corrected chi connectivity index (χ1v) is 9.46. The van der Waals surface area contributed by atoms with Gasteiger partial charge in [-0.25, -0.2) is 4.98 Å². The molecular formula is C18H22F3N7O2. The van der Waals surface area contributed by atoms with Crippen molar-refractivity contribution in [3.8, 4) is 0 Å². The van der Waals surface area contributed by atoms with Crippen molar-refractivity contribution in [2.24, 2.45) is 11.7 Å². The predicted octanol–water partition coefficient (Wildman–Crippen LogP) is 3.05. The van der Waals surface area contributed by atoms with Gasteiger partial charge in [-0.05, 0) is 44.1 Å². The van der Waals surface area contributed by atoms with Crippen molar-refractivity contribution >= 4 is 17.5 Å². The number of pyridine rings is 1. The van der Waals surface area contributed by atoms with E-state index in [1.54, 1.807) is 0 Å². The minimum absolute atomic E-state index is 0.0717. The summed E-state index contributed by atoms with van der Waals surface area (Å²) in [5.74, 6) is -0.236. The highest BCUT2D eigenvalue weighted by atomic mass is 19.4. The fraction of sp³-hybridized carbons (Fsp3) is 0.500. The van der Waals surface area contributed by atoms with Gasteiger partial charge in [-0.2, -0.15) is 18.2 Å². The van der Waals surface area contributed by atoms with Crippen LogP contribution in [0.2, 0.25) is 0 Å². The van der Waals surface area contributed by atoms with Crippen LogP contribution in [0.4, 0.5) is 30.6 Å². The zero-order valence-corrected chi connectivity index (χ0v) is 16.0. The molecule has 0 radical (unpaired) electrons. The molecule has 0 atom stereocenters. The van der Waals surface area contributed by atoms with E-state index in [1.807, 2.05) is 0 Å². The van der Waals surface area contributed by atoms with E-state index in [0.717, 1.165) is 31.9 Å². The highest BCUT2D eigenvalue weighted by molar-refractivity contribution is 5.58. The number of hydrogen-bond donors (Lipinski definition) is 3. The Morgan fingerprint density at radius 3 is 2.57 bits per heavy atom. The quantitative estimate of drug-likeness (QED) is 0.473. The molecule has 1 saturated carbocycles. The molecule has 1 aliphatic carbocycles. The lowest BCUT2D eigenvalue weighted by Gasteiger charge is -2.25. The number of hydrogen-bond acceptors (Lipinski definition) is 8. The number of nitro groups is 1. The molecule has 0 aromatic carbocycles. The number of nitrogen functional groups attached to an aromatic ring is 1. The zero-order valence-electron chi connectivity index (χ0n) is 16.0. The fourth-order valence-corrected chi connectivity index (χ4v) is 3.62. The van der Waals surface area contributed by atoms with Crippen LogP contribution in [-0.2, 0) is 19.1 Å². The van der Waals surface area contributed by atoms with Crippen LogP contribution in [0, 0.1) is 16.0 Å². The van der Waals surface area contributed by atoms with Gasteiger partial charge in [0.1, 0.15) is 11.4 Å². The molecule has 1 fully saturated rings. The van der Waals surface area contributed by atoms with Crippen molar-refractivity contribution in [1.29, 1.82) is 0 Å². The Hall–Kier alpha value is -3.02. The van der Waals surface area contributed by atoms with Crippen LogP contribution < -0.4 is 16.8 Å². The zero-order chi connectivity index (χ0) is 21.9. The van der Waals surface area contributed by atoms with E-state index in [4.69, 9.17) is 11.5 Å². The van der Waals surface area contributed by atoms with E-state index >= 15 is 0 Å². The van der Waals surface area contributed by atoms with Crippen LogP contribution in [0.15, 0.2) is 18.3 Å². The third-order valence-electron chi connectivity index (χ3n) is 5.14. The Kier molecular flexibility index (Phi) is 6.34. The molecule has 5 N–H and O–H groups in total. The molecule has 0 spiro atoms. The van der Waals surface area contributed by atoms with Gasteiger partial charge in [0.2, 0.25) is 11.8 Å². The predicted molar refractivity (Wildman–Crippen MR) is 103 cm³/mol. The van der Waals surface area contributed by atoms with Crippen molar-refractivity contribution in [3.05, 3.63) is 45.4 Å². The number of nitrogens with two attached hydrogens (primary N) is 2.